The molecule has 0 aliphatic carbocycles. The first-order valence-electron chi connectivity index (χ1n) is 7.63. The quantitative estimate of drug-likeness (QED) is 0.870. The molecule has 2 heterocycles. The normalized spacial score (nSPS) is 17.8. The van der Waals surface area contributed by atoms with Crippen molar-refractivity contribution in [1.82, 2.24) is 14.6 Å². The molecule has 8 nitrogen and oxygen atoms in total. The van der Waals surface area contributed by atoms with E-state index in [-0.39, 0.29) is 17.2 Å². The summed E-state index contributed by atoms with van der Waals surface area (Å²) < 4.78 is 31.9. The van der Waals surface area contributed by atoms with Gasteiger partial charge >= 0.3 is 0 Å². The van der Waals surface area contributed by atoms with E-state index in [0.29, 0.717) is 23.6 Å². The van der Waals surface area contributed by atoms with Crippen LogP contribution in [0.3, 0.4) is 0 Å². The Morgan fingerprint density at radius 2 is 2.00 bits per heavy atom. The van der Waals surface area contributed by atoms with Crippen molar-refractivity contribution in [2.24, 2.45) is 0 Å². The summed E-state index contributed by atoms with van der Waals surface area (Å²) in [5.41, 5.74) is 1.29. The zero-order chi connectivity index (χ0) is 18.2. The number of hydrogen-bond acceptors (Lipinski definition) is 6. The second kappa shape index (κ2) is 6.32. The van der Waals surface area contributed by atoms with Gasteiger partial charge in [-0.05, 0) is 18.6 Å². The van der Waals surface area contributed by atoms with Gasteiger partial charge in [-0.2, -0.15) is 0 Å². The van der Waals surface area contributed by atoms with E-state index in [2.05, 4.69) is 4.98 Å². The first kappa shape index (κ1) is 17.2. The molecule has 1 fully saturated rings. The molecule has 0 bridgehead atoms. The zero-order valence-corrected chi connectivity index (χ0v) is 14.5. The van der Waals surface area contributed by atoms with Gasteiger partial charge < -0.3 is 9.32 Å². The summed E-state index contributed by atoms with van der Waals surface area (Å²) in [5.74, 6) is -0.372. The number of benzene rings is 1. The molecule has 2 amide bonds. The van der Waals surface area contributed by atoms with E-state index < -0.39 is 22.0 Å². The average molecular weight is 363 g/mol. The first-order valence-corrected chi connectivity index (χ1v) is 9.11. The van der Waals surface area contributed by atoms with Crippen molar-refractivity contribution < 1.29 is 22.4 Å². The van der Waals surface area contributed by atoms with Gasteiger partial charge in [0, 0.05) is 26.0 Å². The van der Waals surface area contributed by atoms with Crippen LogP contribution in [-0.2, 0) is 19.6 Å². The third-order valence-corrected chi connectivity index (χ3v) is 5.47. The van der Waals surface area contributed by atoms with E-state index in [1.807, 2.05) is 4.72 Å². The number of likely N-dealkylation sites (tertiary alicyclic amines) is 1. The number of hydrogen-bond donors (Lipinski definition) is 1. The van der Waals surface area contributed by atoms with Crippen LogP contribution in [0.4, 0.5) is 0 Å². The highest BCUT2D eigenvalue weighted by Crippen LogP contribution is 2.21. The van der Waals surface area contributed by atoms with E-state index in [1.54, 1.807) is 19.1 Å². The second-order valence-corrected chi connectivity index (χ2v) is 7.49. The Morgan fingerprint density at radius 1 is 1.32 bits per heavy atom. The smallest absolute Gasteiger partial charge is 0.264 e. The molecule has 3 rings (SSSR count). The van der Waals surface area contributed by atoms with Gasteiger partial charge in [0.25, 0.3) is 15.9 Å². The van der Waals surface area contributed by atoms with Crippen LogP contribution in [-0.4, -0.2) is 43.2 Å². The molecule has 0 radical (unpaired) electrons. The van der Waals surface area contributed by atoms with E-state index in [0.717, 1.165) is 0 Å². The van der Waals surface area contributed by atoms with Crippen LogP contribution in [0.25, 0.3) is 11.3 Å². The second-order valence-electron chi connectivity index (χ2n) is 5.81. The third kappa shape index (κ3) is 3.41. The van der Waals surface area contributed by atoms with Gasteiger partial charge in [0.2, 0.25) is 5.91 Å². The molecule has 0 saturated carbocycles. The monoisotopic (exact) mass is 363 g/mol. The van der Waals surface area contributed by atoms with Crippen molar-refractivity contribution in [2.75, 3.05) is 7.05 Å². The van der Waals surface area contributed by atoms with Crippen molar-refractivity contribution >= 4 is 21.8 Å². The van der Waals surface area contributed by atoms with Crippen LogP contribution < -0.4 is 4.72 Å². The lowest BCUT2D eigenvalue weighted by Gasteiger charge is -2.19. The van der Waals surface area contributed by atoms with Gasteiger partial charge in [-0.25, -0.2) is 18.1 Å². The molecule has 1 atom stereocenters. The Morgan fingerprint density at radius 3 is 2.52 bits per heavy atom. The summed E-state index contributed by atoms with van der Waals surface area (Å²) in [4.78, 5) is 29.0. The van der Waals surface area contributed by atoms with Crippen LogP contribution >= 0.6 is 0 Å². The number of amides is 2. The maximum atomic E-state index is 12.4. The van der Waals surface area contributed by atoms with Crippen molar-refractivity contribution in [3.8, 4) is 11.3 Å². The molecule has 0 spiro atoms. The molecule has 1 aliphatic rings. The van der Waals surface area contributed by atoms with Gasteiger partial charge in [-0.3, -0.25) is 9.59 Å². The van der Waals surface area contributed by atoms with Crippen LogP contribution in [0.15, 0.2) is 39.8 Å². The predicted octanol–water partition coefficient (Wildman–Crippen LogP) is 1.08. The Hall–Kier alpha value is -2.68. The van der Waals surface area contributed by atoms with Gasteiger partial charge in [0.05, 0.1) is 4.90 Å². The maximum absolute atomic E-state index is 12.4. The number of likely N-dealkylation sites (N-methyl/N-ethyl adjacent to an activating group) is 1. The zero-order valence-electron chi connectivity index (χ0n) is 13.7. The van der Waals surface area contributed by atoms with Crippen molar-refractivity contribution in [3.63, 3.8) is 0 Å². The van der Waals surface area contributed by atoms with Crippen molar-refractivity contribution in [2.45, 2.75) is 30.7 Å². The van der Waals surface area contributed by atoms with E-state index in [4.69, 9.17) is 4.42 Å². The Labute approximate surface area is 144 Å². The van der Waals surface area contributed by atoms with Gasteiger partial charge in [-0.15, -0.1) is 0 Å². The van der Waals surface area contributed by atoms with E-state index >= 15 is 0 Å². The summed E-state index contributed by atoms with van der Waals surface area (Å²) in [6.07, 6.45) is 2.02. The third-order valence-electron chi connectivity index (χ3n) is 4.11. The summed E-state index contributed by atoms with van der Waals surface area (Å²) in [5, 5.41) is 0. The predicted molar refractivity (Wildman–Crippen MR) is 87.8 cm³/mol. The molecule has 25 heavy (non-hydrogen) atoms. The van der Waals surface area contributed by atoms with Crippen LogP contribution in [0.5, 0.6) is 0 Å². The first-order chi connectivity index (χ1) is 11.8. The van der Waals surface area contributed by atoms with Gasteiger partial charge in [0.15, 0.2) is 5.89 Å². The molecule has 1 aromatic heterocycles. The number of aromatic nitrogens is 1. The molecule has 0 unspecified atom stereocenters. The summed E-state index contributed by atoms with van der Waals surface area (Å²) in [7, 11) is -2.53. The number of nitrogens with zero attached hydrogens (tertiary/aromatic N) is 2. The molecule has 1 saturated heterocycles. The minimum Gasteiger partial charge on any atom is -0.449 e. The fourth-order valence-electron chi connectivity index (χ4n) is 2.67. The van der Waals surface area contributed by atoms with Crippen LogP contribution in [0.2, 0.25) is 0 Å². The summed E-state index contributed by atoms with van der Waals surface area (Å²) in [6.45, 7) is 1.71. The fraction of sp³-hybridized carbons (Fsp3) is 0.312. The lowest BCUT2D eigenvalue weighted by Crippen LogP contribution is -2.44. The lowest BCUT2D eigenvalue weighted by atomic mass is 10.2. The van der Waals surface area contributed by atoms with Crippen molar-refractivity contribution in [3.05, 3.63) is 36.4 Å². The minimum absolute atomic E-state index is 0.0446. The van der Waals surface area contributed by atoms with Crippen LogP contribution in [0, 0.1) is 6.92 Å². The molecule has 1 N–H and O–H groups in total. The lowest BCUT2D eigenvalue weighted by molar-refractivity contribution is -0.133. The molecule has 1 aliphatic heterocycles. The number of carbonyl (C=O) groups excluding carboxylic acids is 2. The number of oxazole rings is 1. The average Bonchev–Trinajstić information content (AvgIpc) is 3.14. The fourth-order valence-corrected chi connectivity index (χ4v) is 3.68. The SMILES string of the molecule is Cc1nc(-c2ccc(S(=O)(=O)NC(=O)[C@@H]3CCC(=O)N3C)cc2)co1. The summed E-state index contributed by atoms with van der Waals surface area (Å²) >= 11 is 0. The van der Waals surface area contributed by atoms with Gasteiger partial charge in [-0.1, -0.05) is 12.1 Å². The Balaban J connectivity index is 1.76. The largest absolute Gasteiger partial charge is 0.449 e. The Bertz CT molecular complexity index is 918. The number of sulfonamides is 1. The molecule has 132 valence electrons. The highest BCUT2D eigenvalue weighted by Gasteiger charge is 2.35. The van der Waals surface area contributed by atoms with Crippen molar-refractivity contribution in [1.29, 1.82) is 0 Å². The number of carbonyl (C=O) groups is 2. The van der Waals surface area contributed by atoms with Crippen LogP contribution in [0.1, 0.15) is 18.7 Å². The topological polar surface area (TPSA) is 110 Å². The van der Waals surface area contributed by atoms with Gasteiger partial charge in [0.1, 0.15) is 18.0 Å². The molecule has 1 aromatic carbocycles. The number of nitrogens with one attached hydrogen (secondary N) is 1. The highest BCUT2D eigenvalue weighted by molar-refractivity contribution is 7.90. The van der Waals surface area contributed by atoms with E-state index in [9.17, 15) is 18.0 Å². The summed E-state index contributed by atoms with van der Waals surface area (Å²) in [6, 6.07) is 5.18. The Kier molecular flexibility index (Phi) is 4.34. The minimum atomic E-state index is -4.01. The molecular weight excluding hydrogens is 346 g/mol. The maximum Gasteiger partial charge on any atom is 0.264 e. The number of rotatable bonds is 4. The highest BCUT2D eigenvalue weighted by atomic mass is 32.2. The molecular formula is C16H17N3O5S. The number of aryl methyl sites for hydroxylation is 1. The molecule has 9 heteroatoms. The standard InChI is InChI=1S/C16H17N3O5S/c1-10-17-13(9-24-10)11-3-5-12(6-4-11)25(22,23)18-16(21)14-7-8-15(20)19(14)2/h3-6,9,14H,7-8H2,1-2H3,(H,18,21)/t14-/m0/s1. The van der Waals surface area contributed by atoms with E-state index in [1.165, 1.54) is 30.3 Å². The molecule has 2 aromatic rings.